The van der Waals surface area contributed by atoms with Crippen molar-refractivity contribution in [1.82, 2.24) is 0 Å². The smallest absolute Gasteiger partial charge is 0.0520 e. The van der Waals surface area contributed by atoms with Gasteiger partial charge in [0.2, 0.25) is 0 Å². The number of rotatable bonds is 4. The molecule has 0 aromatic heterocycles. The monoisotopic (exact) mass is 295 g/mol. The molecule has 0 saturated heterocycles. The van der Waals surface area contributed by atoms with Crippen LogP contribution < -0.4 is 0 Å². The van der Waals surface area contributed by atoms with E-state index in [2.05, 4.69) is 27.0 Å². The Balaban J connectivity index is 1.96. The van der Waals surface area contributed by atoms with Crippen molar-refractivity contribution in [2.75, 3.05) is 6.16 Å². The van der Waals surface area contributed by atoms with Crippen molar-refractivity contribution in [3.63, 3.8) is 0 Å². The molecular formula is C18H34NP. The summed E-state index contributed by atoms with van der Waals surface area (Å²) < 4.78 is 0. The van der Waals surface area contributed by atoms with Crippen LogP contribution in [0, 0.1) is 0 Å². The van der Waals surface area contributed by atoms with Gasteiger partial charge in [0.25, 0.3) is 0 Å². The van der Waals surface area contributed by atoms with Crippen LogP contribution in [0.1, 0.15) is 85.0 Å². The van der Waals surface area contributed by atoms with Crippen molar-refractivity contribution in [3.05, 3.63) is 0 Å². The van der Waals surface area contributed by atoms with E-state index in [4.69, 9.17) is 4.99 Å². The van der Waals surface area contributed by atoms with Gasteiger partial charge in [-0.25, -0.2) is 0 Å². The largest absolute Gasteiger partial charge is 0.291 e. The van der Waals surface area contributed by atoms with Gasteiger partial charge in [0.1, 0.15) is 0 Å². The highest BCUT2D eigenvalue weighted by molar-refractivity contribution is 7.60. The molecule has 2 saturated carbocycles. The van der Waals surface area contributed by atoms with E-state index in [9.17, 15) is 0 Å². The second kappa shape index (κ2) is 7.92. The van der Waals surface area contributed by atoms with Crippen LogP contribution in [-0.4, -0.2) is 29.2 Å². The summed E-state index contributed by atoms with van der Waals surface area (Å²) in [6, 6.07) is 0. The van der Waals surface area contributed by atoms with Crippen LogP contribution in [0.5, 0.6) is 0 Å². The minimum atomic E-state index is 0.111. The summed E-state index contributed by atoms with van der Waals surface area (Å²) in [6.07, 6.45) is 18.6. The lowest BCUT2D eigenvalue weighted by molar-refractivity contribution is 0.485. The molecule has 0 unspecified atom stereocenters. The summed E-state index contributed by atoms with van der Waals surface area (Å²) in [5, 5.41) is 0. The van der Waals surface area contributed by atoms with Crippen LogP contribution in [0.2, 0.25) is 0 Å². The third-order valence-electron chi connectivity index (χ3n) is 4.86. The van der Waals surface area contributed by atoms with Crippen molar-refractivity contribution in [1.29, 1.82) is 0 Å². The molecule has 0 atom stereocenters. The highest BCUT2D eigenvalue weighted by atomic mass is 31.1. The summed E-state index contributed by atoms with van der Waals surface area (Å²) in [7, 11) is 0.201. The van der Waals surface area contributed by atoms with E-state index in [1.54, 1.807) is 0 Å². The van der Waals surface area contributed by atoms with E-state index >= 15 is 0 Å². The summed E-state index contributed by atoms with van der Waals surface area (Å²) in [5.74, 6) is 0. The molecule has 2 aliphatic rings. The molecule has 0 aliphatic heterocycles. The summed E-state index contributed by atoms with van der Waals surface area (Å²) in [6.45, 7) is 6.65. The first-order valence-corrected chi connectivity index (χ1v) is 10.5. The van der Waals surface area contributed by atoms with Gasteiger partial charge in [0.05, 0.1) is 5.54 Å². The van der Waals surface area contributed by atoms with E-state index in [1.165, 1.54) is 70.4 Å². The molecule has 2 rings (SSSR count). The Hall–Kier alpha value is 0.100. The van der Waals surface area contributed by atoms with Crippen molar-refractivity contribution < 1.29 is 0 Å². The van der Waals surface area contributed by atoms with E-state index in [0.29, 0.717) is 0 Å². The lowest BCUT2D eigenvalue weighted by Crippen LogP contribution is -2.22. The molecule has 0 amide bonds. The predicted molar refractivity (Wildman–Crippen MR) is 93.8 cm³/mol. The molecule has 20 heavy (non-hydrogen) atoms. The zero-order valence-corrected chi connectivity index (χ0v) is 14.8. The van der Waals surface area contributed by atoms with E-state index in [-0.39, 0.29) is 13.5 Å². The molecule has 0 aromatic carbocycles. The lowest BCUT2D eigenvalue weighted by Gasteiger charge is -2.38. The number of hydrogen-bond acceptors (Lipinski definition) is 1. The third kappa shape index (κ3) is 5.47. The highest BCUT2D eigenvalue weighted by Crippen LogP contribution is 2.55. The first-order chi connectivity index (χ1) is 9.56. The number of aliphatic imine (C=N–C) groups is 1. The molecule has 0 spiro atoms. The first-order valence-electron chi connectivity index (χ1n) is 8.86. The molecule has 2 heteroatoms. The summed E-state index contributed by atoms with van der Waals surface area (Å²) in [4.78, 5) is 4.78. The molecule has 0 N–H and O–H groups in total. The van der Waals surface area contributed by atoms with Crippen molar-refractivity contribution >= 4 is 14.1 Å². The Labute approximate surface area is 127 Å². The average molecular weight is 295 g/mol. The summed E-state index contributed by atoms with van der Waals surface area (Å²) in [5.41, 5.74) is 2.24. The van der Waals surface area contributed by atoms with Crippen molar-refractivity contribution in [2.45, 2.75) is 102 Å². The molecular weight excluding hydrogens is 261 g/mol. The lowest BCUT2D eigenvalue weighted by atomic mass is 9.99. The second-order valence-electron chi connectivity index (χ2n) is 7.76. The second-order valence-corrected chi connectivity index (χ2v) is 10.6. The Kier molecular flexibility index (Phi) is 6.53. The summed E-state index contributed by atoms with van der Waals surface area (Å²) >= 11 is 0. The maximum absolute atomic E-state index is 4.78. The zero-order valence-electron chi connectivity index (χ0n) is 13.9. The fraction of sp³-hybridized carbons (Fsp3) is 0.944. The molecule has 2 fully saturated rings. The Morgan fingerprint density at radius 2 is 1.30 bits per heavy atom. The molecule has 0 radical (unpaired) electrons. The maximum atomic E-state index is 4.78. The standard InChI is InChI=1S/C18H34NP/c1-18(2,3)19-14-15-20(16-10-6-4-7-11-16)17-12-8-5-9-13-17/h14,16-17H,4-13,15H2,1-3H3. The van der Waals surface area contributed by atoms with Crippen molar-refractivity contribution in [3.8, 4) is 0 Å². The number of hydrogen-bond donors (Lipinski definition) is 0. The molecule has 0 aromatic rings. The molecule has 0 heterocycles. The zero-order chi connectivity index (χ0) is 14.4. The minimum absolute atomic E-state index is 0.111. The minimum Gasteiger partial charge on any atom is -0.291 e. The van der Waals surface area contributed by atoms with Crippen LogP contribution in [-0.2, 0) is 0 Å². The van der Waals surface area contributed by atoms with Crippen LogP contribution in [0.25, 0.3) is 0 Å². The van der Waals surface area contributed by atoms with Crippen LogP contribution >= 0.6 is 7.92 Å². The van der Waals surface area contributed by atoms with Gasteiger partial charge in [-0.15, -0.1) is 0 Å². The Bertz CT molecular complexity index is 275. The normalized spacial score (nSPS) is 23.8. The van der Waals surface area contributed by atoms with Gasteiger partial charge in [0, 0.05) is 12.4 Å². The molecule has 0 bridgehead atoms. The first kappa shape index (κ1) is 16.5. The topological polar surface area (TPSA) is 12.4 Å². The SMILES string of the molecule is CC(C)(C)N=CCP(C1CCCCC1)C1CCCCC1. The fourth-order valence-electron chi connectivity index (χ4n) is 3.83. The van der Waals surface area contributed by atoms with E-state index in [0.717, 1.165) is 11.3 Å². The Morgan fingerprint density at radius 1 is 0.850 bits per heavy atom. The quantitative estimate of drug-likeness (QED) is 0.445. The van der Waals surface area contributed by atoms with Crippen LogP contribution in [0.4, 0.5) is 0 Å². The fourth-order valence-corrected chi connectivity index (χ4v) is 7.35. The molecule has 1 nitrogen and oxygen atoms in total. The van der Waals surface area contributed by atoms with Gasteiger partial charge < -0.3 is 0 Å². The van der Waals surface area contributed by atoms with Crippen LogP contribution in [0.3, 0.4) is 0 Å². The maximum Gasteiger partial charge on any atom is 0.0520 e. The molecule has 116 valence electrons. The van der Waals surface area contributed by atoms with Gasteiger partial charge in [-0.2, -0.15) is 0 Å². The van der Waals surface area contributed by atoms with E-state index in [1.807, 2.05) is 0 Å². The van der Waals surface area contributed by atoms with Gasteiger partial charge in [-0.3, -0.25) is 4.99 Å². The third-order valence-corrected chi connectivity index (χ3v) is 8.35. The van der Waals surface area contributed by atoms with Gasteiger partial charge in [0.15, 0.2) is 0 Å². The molecule has 2 aliphatic carbocycles. The van der Waals surface area contributed by atoms with Gasteiger partial charge in [-0.1, -0.05) is 46.4 Å². The highest BCUT2D eigenvalue weighted by Gasteiger charge is 2.30. The Morgan fingerprint density at radius 3 is 1.70 bits per heavy atom. The van der Waals surface area contributed by atoms with Gasteiger partial charge in [-0.05, 0) is 57.8 Å². The predicted octanol–water partition coefficient (Wildman–Crippen LogP) is 6.00. The van der Waals surface area contributed by atoms with Gasteiger partial charge >= 0.3 is 0 Å². The van der Waals surface area contributed by atoms with E-state index < -0.39 is 0 Å². The van der Waals surface area contributed by atoms with Crippen LogP contribution in [0.15, 0.2) is 4.99 Å². The average Bonchev–Trinajstić information content (AvgIpc) is 2.44. The van der Waals surface area contributed by atoms with Crippen molar-refractivity contribution in [2.24, 2.45) is 4.99 Å². The number of nitrogens with zero attached hydrogens (tertiary/aromatic N) is 1.